The second kappa shape index (κ2) is 5.62. The van der Waals surface area contributed by atoms with E-state index in [0.29, 0.717) is 0 Å². The van der Waals surface area contributed by atoms with Gasteiger partial charge >= 0.3 is 6.09 Å². The highest BCUT2D eigenvalue weighted by Gasteiger charge is 2.47. The molecule has 2 amide bonds. The second-order valence-corrected chi connectivity index (χ2v) is 7.62. The summed E-state index contributed by atoms with van der Waals surface area (Å²) < 4.78 is 5.20. The molecule has 20 heavy (non-hydrogen) atoms. The summed E-state index contributed by atoms with van der Waals surface area (Å²) in [6, 6.07) is -0.363. The van der Waals surface area contributed by atoms with E-state index in [1.54, 1.807) is 20.8 Å². The Kier molecular flexibility index (Phi) is 4.72. The molecule has 1 fully saturated rings. The van der Waals surface area contributed by atoms with E-state index in [1.807, 2.05) is 13.8 Å². The van der Waals surface area contributed by atoms with Crippen LogP contribution in [0.5, 0.6) is 0 Å². The third-order valence-corrected chi connectivity index (χ3v) is 3.45. The number of hydrogen-bond donors (Lipinski definition) is 2. The van der Waals surface area contributed by atoms with Gasteiger partial charge in [0.25, 0.3) is 0 Å². The summed E-state index contributed by atoms with van der Waals surface area (Å²) in [5.41, 5.74) is -0.399. The van der Waals surface area contributed by atoms with Gasteiger partial charge in [-0.2, -0.15) is 0 Å². The second-order valence-electron chi connectivity index (χ2n) is 7.62. The predicted octanol–water partition coefficient (Wildman–Crippen LogP) is 2.45. The Balaban J connectivity index is 2.56. The molecular formula is C15H28N2O3. The minimum Gasteiger partial charge on any atom is -0.444 e. The van der Waals surface area contributed by atoms with Crippen molar-refractivity contribution in [2.45, 2.75) is 72.6 Å². The molecule has 2 N–H and O–H groups in total. The predicted molar refractivity (Wildman–Crippen MR) is 78.3 cm³/mol. The number of rotatable bonds is 4. The molecule has 2 atom stereocenters. The zero-order valence-corrected chi connectivity index (χ0v) is 13.7. The average Bonchev–Trinajstić information content (AvgIpc) is 2.79. The van der Waals surface area contributed by atoms with Crippen LogP contribution in [0.1, 0.15) is 54.9 Å². The Labute approximate surface area is 121 Å². The van der Waals surface area contributed by atoms with Gasteiger partial charge in [0.05, 0.1) is 0 Å². The highest BCUT2D eigenvalue weighted by Crippen LogP contribution is 2.44. The summed E-state index contributed by atoms with van der Waals surface area (Å²) >= 11 is 0. The van der Waals surface area contributed by atoms with Crippen molar-refractivity contribution in [2.24, 2.45) is 11.3 Å². The molecule has 1 saturated carbocycles. The first-order chi connectivity index (χ1) is 8.92. The largest absolute Gasteiger partial charge is 0.444 e. The van der Waals surface area contributed by atoms with Crippen LogP contribution in [0.2, 0.25) is 0 Å². The number of amides is 2. The van der Waals surface area contributed by atoms with Gasteiger partial charge in [-0.3, -0.25) is 4.79 Å². The maximum Gasteiger partial charge on any atom is 0.408 e. The van der Waals surface area contributed by atoms with Gasteiger partial charge in [0.1, 0.15) is 11.6 Å². The molecule has 0 heterocycles. The van der Waals surface area contributed by atoms with Crippen LogP contribution in [0.4, 0.5) is 4.79 Å². The van der Waals surface area contributed by atoms with E-state index in [-0.39, 0.29) is 23.3 Å². The van der Waals surface area contributed by atoms with Crippen molar-refractivity contribution < 1.29 is 14.3 Å². The standard InChI is InChI=1S/C15H28N2O3/c1-9(2)11(17-13(19)20-14(3,4)5)12(18)16-10-8-15(10,6)7/h9-11H,8H2,1-7H3,(H,16,18)(H,17,19). The normalized spacial score (nSPS) is 22.1. The fraction of sp³-hybridized carbons (Fsp3) is 0.867. The number of alkyl carbamates (subject to hydrolysis) is 1. The third kappa shape index (κ3) is 5.02. The molecule has 1 aliphatic carbocycles. The molecule has 5 nitrogen and oxygen atoms in total. The number of ether oxygens (including phenoxy) is 1. The van der Waals surface area contributed by atoms with Crippen molar-refractivity contribution in [3.8, 4) is 0 Å². The van der Waals surface area contributed by atoms with Crippen LogP contribution in [-0.2, 0) is 9.53 Å². The zero-order valence-electron chi connectivity index (χ0n) is 13.7. The summed E-state index contributed by atoms with van der Waals surface area (Å²) in [5, 5.41) is 5.64. The quantitative estimate of drug-likeness (QED) is 0.833. The maximum atomic E-state index is 12.2. The van der Waals surface area contributed by atoms with Crippen molar-refractivity contribution in [3.05, 3.63) is 0 Å². The highest BCUT2D eigenvalue weighted by molar-refractivity contribution is 5.86. The van der Waals surface area contributed by atoms with E-state index in [4.69, 9.17) is 4.74 Å². The summed E-state index contributed by atoms with van der Waals surface area (Å²) in [7, 11) is 0. The first kappa shape index (κ1) is 16.8. The van der Waals surface area contributed by atoms with Gasteiger partial charge in [-0.25, -0.2) is 4.79 Å². The van der Waals surface area contributed by atoms with Crippen LogP contribution in [0.15, 0.2) is 0 Å². The van der Waals surface area contributed by atoms with Crippen LogP contribution < -0.4 is 10.6 Å². The lowest BCUT2D eigenvalue weighted by Gasteiger charge is -2.25. The van der Waals surface area contributed by atoms with Crippen molar-refractivity contribution in [1.29, 1.82) is 0 Å². The Hall–Kier alpha value is -1.26. The number of hydrogen-bond acceptors (Lipinski definition) is 3. The molecule has 0 bridgehead atoms. The highest BCUT2D eigenvalue weighted by atomic mass is 16.6. The Morgan fingerprint density at radius 2 is 1.75 bits per heavy atom. The molecule has 5 heteroatoms. The van der Waals surface area contributed by atoms with Crippen molar-refractivity contribution in [1.82, 2.24) is 10.6 Å². The van der Waals surface area contributed by atoms with Crippen LogP contribution in [0, 0.1) is 11.3 Å². The fourth-order valence-electron chi connectivity index (χ4n) is 1.94. The summed E-state index contributed by atoms with van der Waals surface area (Å²) in [6.45, 7) is 13.4. The van der Waals surface area contributed by atoms with E-state index >= 15 is 0 Å². The molecule has 0 radical (unpaired) electrons. The fourth-order valence-corrected chi connectivity index (χ4v) is 1.94. The van der Waals surface area contributed by atoms with Crippen LogP contribution in [-0.4, -0.2) is 29.7 Å². The average molecular weight is 284 g/mol. The molecule has 116 valence electrons. The minimum absolute atomic E-state index is 0.00406. The molecule has 0 aromatic rings. The van der Waals surface area contributed by atoms with Gasteiger partial charge in [-0.05, 0) is 38.5 Å². The van der Waals surface area contributed by atoms with Gasteiger partial charge in [-0.15, -0.1) is 0 Å². The van der Waals surface area contributed by atoms with Crippen LogP contribution in [0.25, 0.3) is 0 Å². The van der Waals surface area contributed by atoms with Gasteiger partial charge in [0.15, 0.2) is 0 Å². The smallest absolute Gasteiger partial charge is 0.408 e. The summed E-state index contributed by atoms with van der Waals surface area (Å²) in [5.74, 6) is -0.134. The lowest BCUT2D eigenvalue weighted by atomic mass is 10.0. The first-order valence-corrected chi connectivity index (χ1v) is 7.22. The number of carbonyl (C=O) groups excluding carboxylic acids is 2. The summed E-state index contributed by atoms with van der Waals surface area (Å²) in [4.78, 5) is 24.0. The number of carbonyl (C=O) groups is 2. The Morgan fingerprint density at radius 1 is 1.25 bits per heavy atom. The molecule has 1 rings (SSSR count). The van der Waals surface area contributed by atoms with E-state index in [2.05, 4.69) is 24.5 Å². The van der Waals surface area contributed by atoms with E-state index in [0.717, 1.165) is 6.42 Å². The molecule has 0 saturated heterocycles. The lowest BCUT2D eigenvalue weighted by Crippen LogP contribution is -2.51. The maximum absolute atomic E-state index is 12.2. The number of nitrogens with one attached hydrogen (secondary N) is 2. The SMILES string of the molecule is CC(C)C(NC(=O)OC(C)(C)C)C(=O)NC1CC1(C)C. The zero-order chi connectivity index (χ0) is 15.7. The van der Waals surface area contributed by atoms with Crippen molar-refractivity contribution in [2.75, 3.05) is 0 Å². The van der Waals surface area contributed by atoms with Crippen LogP contribution >= 0.6 is 0 Å². The van der Waals surface area contributed by atoms with Gasteiger partial charge < -0.3 is 15.4 Å². The first-order valence-electron chi connectivity index (χ1n) is 7.22. The van der Waals surface area contributed by atoms with Gasteiger partial charge in [-0.1, -0.05) is 27.7 Å². The Morgan fingerprint density at radius 3 is 2.10 bits per heavy atom. The minimum atomic E-state index is -0.569. The molecule has 0 aromatic heterocycles. The lowest BCUT2D eigenvalue weighted by molar-refractivity contribution is -0.124. The Bertz CT molecular complexity index is 383. The van der Waals surface area contributed by atoms with E-state index in [9.17, 15) is 9.59 Å². The summed E-state index contributed by atoms with van der Waals surface area (Å²) in [6.07, 6.45) is 0.428. The molecule has 0 spiro atoms. The molecule has 0 aliphatic heterocycles. The third-order valence-electron chi connectivity index (χ3n) is 3.45. The molecular weight excluding hydrogens is 256 g/mol. The monoisotopic (exact) mass is 284 g/mol. The van der Waals surface area contributed by atoms with Crippen LogP contribution in [0.3, 0.4) is 0 Å². The van der Waals surface area contributed by atoms with Crippen molar-refractivity contribution in [3.63, 3.8) is 0 Å². The molecule has 0 aromatic carbocycles. The van der Waals surface area contributed by atoms with Crippen molar-refractivity contribution >= 4 is 12.0 Å². The van der Waals surface area contributed by atoms with Gasteiger partial charge in [0.2, 0.25) is 5.91 Å². The topological polar surface area (TPSA) is 67.4 Å². The van der Waals surface area contributed by atoms with E-state index < -0.39 is 17.7 Å². The molecule has 1 aliphatic rings. The van der Waals surface area contributed by atoms with Gasteiger partial charge in [0, 0.05) is 6.04 Å². The molecule has 2 unspecified atom stereocenters. The van der Waals surface area contributed by atoms with E-state index in [1.165, 1.54) is 0 Å².